The van der Waals surface area contributed by atoms with E-state index in [2.05, 4.69) is 20.6 Å². The molecule has 4 rings (SSSR count). The van der Waals surface area contributed by atoms with Gasteiger partial charge in [0.1, 0.15) is 11.4 Å². The van der Waals surface area contributed by atoms with Crippen LogP contribution < -0.4 is 10.1 Å². The van der Waals surface area contributed by atoms with Crippen molar-refractivity contribution in [2.24, 2.45) is 13.0 Å². The van der Waals surface area contributed by atoms with Crippen molar-refractivity contribution in [2.45, 2.75) is 58.2 Å². The van der Waals surface area contributed by atoms with Crippen LogP contribution in [-0.4, -0.2) is 55.1 Å². The predicted octanol–water partition coefficient (Wildman–Crippen LogP) is 4.11. The number of amides is 2. The third-order valence-electron chi connectivity index (χ3n) is 7.08. The van der Waals surface area contributed by atoms with Crippen molar-refractivity contribution in [1.82, 2.24) is 30.2 Å². The third-order valence-corrected chi connectivity index (χ3v) is 7.08. The van der Waals surface area contributed by atoms with E-state index in [9.17, 15) is 14.7 Å². The molecule has 2 amide bonds. The van der Waals surface area contributed by atoms with Gasteiger partial charge in [-0.2, -0.15) is 0 Å². The highest BCUT2D eigenvalue weighted by Crippen LogP contribution is 2.30. The Bertz CT molecular complexity index is 1240. The molecule has 0 bridgehead atoms. The Kier molecular flexibility index (Phi) is 8.05. The van der Waals surface area contributed by atoms with Crippen LogP contribution in [0.2, 0.25) is 0 Å². The highest BCUT2D eigenvalue weighted by Gasteiger charge is 2.28. The number of ether oxygens (including phenoxy) is 1. The Hall–Kier alpha value is -3.95. The summed E-state index contributed by atoms with van der Waals surface area (Å²) in [7, 11) is 3.55. The quantitative estimate of drug-likeness (QED) is 0.471. The lowest BCUT2D eigenvalue weighted by Crippen LogP contribution is -2.38. The maximum atomic E-state index is 12.9. The number of urea groups is 1. The maximum Gasteiger partial charge on any atom is 0.317 e. The predicted molar refractivity (Wildman–Crippen MR) is 138 cm³/mol. The number of carbonyl (C=O) groups excluding carboxylic acids is 1. The number of carbonyl (C=O) groups is 2. The number of rotatable bonds is 8. The second-order valence-corrected chi connectivity index (χ2v) is 9.59. The number of hydrogen-bond donors (Lipinski definition) is 2. The van der Waals surface area contributed by atoms with Crippen molar-refractivity contribution in [3.63, 3.8) is 0 Å². The van der Waals surface area contributed by atoms with Gasteiger partial charge in [-0.05, 0) is 57.2 Å². The van der Waals surface area contributed by atoms with Gasteiger partial charge in [0.15, 0.2) is 0 Å². The standard InChI is InChI=1S/C27H34N6O4/c1-17-24(37-21-12-8-11-20(15-21)26(34)35)14-13-22(29-17)25-23(33(4)31-30-25)16-28-27(36)32(3)18(2)19-9-6-5-7-10-19/h5-7,9-10,13-14,18,20-21H,8,11-12,15-16H2,1-4H3,(H,28,36)(H,34,35)/t18-,20+,21+/m1/s1. The molecule has 3 atom stereocenters. The van der Waals surface area contributed by atoms with Gasteiger partial charge >= 0.3 is 12.0 Å². The summed E-state index contributed by atoms with van der Waals surface area (Å²) in [6.45, 7) is 4.08. The molecule has 0 spiro atoms. The minimum atomic E-state index is -0.763. The number of carboxylic acids is 1. The fourth-order valence-corrected chi connectivity index (χ4v) is 4.65. The van der Waals surface area contributed by atoms with Gasteiger partial charge < -0.3 is 20.1 Å². The zero-order valence-corrected chi connectivity index (χ0v) is 21.7. The zero-order chi connectivity index (χ0) is 26.5. The van der Waals surface area contributed by atoms with Gasteiger partial charge in [-0.3, -0.25) is 4.79 Å². The molecule has 1 aromatic carbocycles. The Balaban J connectivity index is 1.43. The van der Waals surface area contributed by atoms with Gasteiger partial charge in [-0.1, -0.05) is 35.5 Å². The molecule has 0 aliphatic heterocycles. The average Bonchev–Trinajstić information content (AvgIpc) is 3.28. The number of nitrogens with one attached hydrogen (secondary N) is 1. The van der Waals surface area contributed by atoms with E-state index in [0.717, 1.165) is 24.1 Å². The molecule has 0 radical (unpaired) electrons. The smallest absolute Gasteiger partial charge is 0.317 e. The van der Waals surface area contributed by atoms with E-state index in [0.29, 0.717) is 35.7 Å². The molecule has 37 heavy (non-hydrogen) atoms. The molecule has 196 valence electrons. The number of benzene rings is 1. The van der Waals surface area contributed by atoms with Gasteiger partial charge in [0.05, 0.1) is 41.7 Å². The molecule has 1 fully saturated rings. The van der Waals surface area contributed by atoms with Crippen LogP contribution in [0.1, 0.15) is 55.6 Å². The first kappa shape index (κ1) is 26.1. The summed E-state index contributed by atoms with van der Waals surface area (Å²) in [5.41, 5.74) is 3.68. The van der Waals surface area contributed by atoms with Crippen molar-refractivity contribution in [3.05, 3.63) is 59.4 Å². The van der Waals surface area contributed by atoms with Crippen LogP contribution in [0.3, 0.4) is 0 Å². The SMILES string of the molecule is Cc1nc(-c2nnn(C)c2CNC(=O)N(C)[C@H](C)c2ccccc2)ccc1O[C@H]1CCC[C@H](C(=O)O)C1. The summed E-state index contributed by atoms with van der Waals surface area (Å²) < 4.78 is 7.76. The van der Waals surface area contributed by atoms with Crippen molar-refractivity contribution in [2.75, 3.05) is 7.05 Å². The van der Waals surface area contributed by atoms with E-state index in [4.69, 9.17) is 4.74 Å². The van der Waals surface area contributed by atoms with Crippen LogP contribution >= 0.6 is 0 Å². The average molecular weight is 507 g/mol. The van der Waals surface area contributed by atoms with Gasteiger partial charge in [0.2, 0.25) is 0 Å². The minimum Gasteiger partial charge on any atom is -0.489 e. The Labute approximate surface area is 216 Å². The van der Waals surface area contributed by atoms with Crippen LogP contribution in [0.4, 0.5) is 4.79 Å². The number of hydrogen-bond acceptors (Lipinski definition) is 6. The second kappa shape index (κ2) is 11.4. The normalized spacial score (nSPS) is 18.2. The minimum absolute atomic E-state index is 0.0860. The highest BCUT2D eigenvalue weighted by atomic mass is 16.5. The van der Waals surface area contributed by atoms with Crippen molar-refractivity contribution in [3.8, 4) is 17.1 Å². The fourth-order valence-electron chi connectivity index (χ4n) is 4.65. The molecule has 2 N–H and O–H groups in total. The highest BCUT2D eigenvalue weighted by molar-refractivity contribution is 5.74. The molecule has 3 aromatic rings. The molecular formula is C27H34N6O4. The summed E-state index contributed by atoms with van der Waals surface area (Å²) in [4.78, 5) is 30.6. The van der Waals surface area contributed by atoms with Crippen LogP contribution in [0.15, 0.2) is 42.5 Å². The number of aryl methyl sites for hydroxylation is 2. The molecule has 1 saturated carbocycles. The van der Waals surface area contributed by atoms with Gasteiger partial charge in [0.25, 0.3) is 0 Å². The fraction of sp³-hybridized carbons (Fsp3) is 0.444. The number of nitrogens with zero attached hydrogens (tertiary/aromatic N) is 5. The molecule has 2 aromatic heterocycles. The summed E-state index contributed by atoms with van der Waals surface area (Å²) >= 11 is 0. The molecular weight excluding hydrogens is 472 g/mol. The van der Waals surface area contributed by atoms with Crippen LogP contribution in [0.25, 0.3) is 11.4 Å². The van der Waals surface area contributed by atoms with Crippen LogP contribution in [0.5, 0.6) is 5.75 Å². The summed E-state index contributed by atoms with van der Waals surface area (Å²) in [6.07, 6.45) is 2.72. The molecule has 0 saturated heterocycles. The summed E-state index contributed by atoms with van der Waals surface area (Å²) in [6, 6.07) is 13.2. The third kappa shape index (κ3) is 6.07. The first-order chi connectivity index (χ1) is 17.7. The second-order valence-electron chi connectivity index (χ2n) is 9.59. The topological polar surface area (TPSA) is 122 Å². The molecule has 0 unspecified atom stereocenters. The van der Waals surface area contributed by atoms with Crippen molar-refractivity contribution < 1.29 is 19.4 Å². The van der Waals surface area contributed by atoms with Crippen LogP contribution in [-0.2, 0) is 18.4 Å². The van der Waals surface area contributed by atoms with Gasteiger partial charge in [-0.25, -0.2) is 14.5 Å². The molecule has 1 aliphatic rings. The number of aromatic nitrogens is 4. The first-order valence-electron chi connectivity index (χ1n) is 12.6. The van der Waals surface area contributed by atoms with Crippen molar-refractivity contribution >= 4 is 12.0 Å². The van der Waals surface area contributed by atoms with E-state index in [1.54, 1.807) is 23.7 Å². The maximum absolute atomic E-state index is 12.9. The lowest BCUT2D eigenvalue weighted by atomic mass is 9.87. The Morgan fingerprint density at radius 2 is 1.97 bits per heavy atom. The van der Waals surface area contributed by atoms with E-state index < -0.39 is 5.97 Å². The molecule has 10 heteroatoms. The van der Waals surface area contributed by atoms with Crippen LogP contribution in [0, 0.1) is 12.8 Å². The summed E-state index contributed by atoms with van der Waals surface area (Å²) in [5, 5.41) is 20.7. The largest absolute Gasteiger partial charge is 0.489 e. The monoisotopic (exact) mass is 506 g/mol. The van der Waals surface area contributed by atoms with E-state index >= 15 is 0 Å². The Morgan fingerprint density at radius 3 is 2.68 bits per heavy atom. The van der Waals surface area contributed by atoms with E-state index in [-0.39, 0.29) is 30.6 Å². The lowest BCUT2D eigenvalue weighted by molar-refractivity contribution is -0.143. The number of aliphatic carboxylic acids is 1. The van der Waals surface area contributed by atoms with Gasteiger partial charge in [-0.15, -0.1) is 5.10 Å². The lowest BCUT2D eigenvalue weighted by Gasteiger charge is -2.27. The number of pyridine rings is 1. The van der Waals surface area contributed by atoms with E-state index in [1.165, 1.54) is 0 Å². The molecule has 1 aliphatic carbocycles. The van der Waals surface area contributed by atoms with Crippen molar-refractivity contribution in [1.29, 1.82) is 0 Å². The Morgan fingerprint density at radius 1 is 1.22 bits per heavy atom. The molecule has 10 nitrogen and oxygen atoms in total. The van der Waals surface area contributed by atoms with Gasteiger partial charge in [0, 0.05) is 14.1 Å². The number of carboxylic acid groups (broad SMARTS) is 1. The first-order valence-corrected chi connectivity index (χ1v) is 12.6. The van der Waals surface area contributed by atoms with E-state index in [1.807, 2.05) is 56.3 Å². The molecule has 2 heterocycles. The summed E-state index contributed by atoms with van der Waals surface area (Å²) in [5.74, 6) is -0.491. The zero-order valence-electron chi connectivity index (χ0n) is 21.7.